The van der Waals surface area contributed by atoms with Crippen molar-refractivity contribution in [1.29, 1.82) is 0 Å². The second-order valence-electron chi connectivity index (χ2n) is 8.54. The molecule has 2 aromatic rings. The SMILES string of the molecule is Cc1ccc(SN/N=C/c2cc(F)c(F)cc2N2CCN(C(=O)OC(C)(C)C)CC2)cc1. The molecule has 0 unspecified atom stereocenters. The molecule has 0 spiro atoms. The fraction of sp³-hybridized carbons (Fsp3) is 0.391. The van der Waals surface area contributed by atoms with Gasteiger partial charge < -0.3 is 14.5 Å². The van der Waals surface area contributed by atoms with Crippen molar-refractivity contribution in [3.63, 3.8) is 0 Å². The Morgan fingerprint density at radius 2 is 1.72 bits per heavy atom. The predicted molar refractivity (Wildman–Crippen MR) is 124 cm³/mol. The highest BCUT2D eigenvalue weighted by Gasteiger charge is 2.27. The number of nitrogens with zero attached hydrogens (tertiary/aromatic N) is 3. The second-order valence-corrected chi connectivity index (χ2v) is 9.40. The summed E-state index contributed by atoms with van der Waals surface area (Å²) in [6, 6.07) is 10.2. The topological polar surface area (TPSA) is 57.2 Å². The molecule has 0 aromatic heterocycles. The first-order valence-corrected chi connectivity index (χ1v) is 11.2. The summed E-state index contributed by atoms with van der Waals surface area (Å²) in [7, 11) is 0. The van der Waals surface area contributed by atoms with Crippen molar-refractivity contribution in [1.82, 2.24) is 9.73 Å². The summed E-state index contributed by atoms with van der Waals surface area (Å²) in [6.07, 6.45) is 1.10. The molecule has 3 rings (SSSR count). The first-order chi connectivity index (χ1) is 15.1. The lowest BCUT2D eigenvalue weighted by Gasteiger charge is -2.37. The van der Waals surface area contributed by atoms with Gasteiger partial charge in [-0.25, -0.2) is 18.4 Å². The molecule has 0 aliphatic carbocycles. The third kappa shape index (κ3) is 6.59. The molecule has 1 aliphatic rings. The molecule has 0 atom stereocenters. The third-order valence-corrected chi connectivity index (χ3v) is 5.49. The van der Waals surface area contributed by atoms with Crippen LogP contribution < -0.4 is 9.73 Å². The highest BCUT2D eigenvalue weighted by atomic mass is 32.2. The Kier molecular flexibility index (Phi) is 7.60. The Morgan fingerprint density at radius 1 is 1.09 bits per heavy atom. The molecule has 1 amide bonds. The molecule has 1 heterocycles. The quantitative estimate of drug-likeness (QED) is 0.387. The van der Waals surface area contributed by atoms with E-state index in [0.29, 0.717) is 37.4 Å². The highest BCUT2D eigenvalue weighted by molar-refractivity contribution is 7.97. The lowest BCUT2D eigenvalue weighted by atomic mass is 10.1. The van der Waals surface area contributed by atoms with E-state index in [2.05, 4.69) is 9.93 Å². The van der Waals surface area contributed by atoms with Crippen LogP contribution in [0.2, 0.25) is 0 Å². The zero-order chi connectivity index (χ0) is 23.3. The molecule has 0 saturated carbocycles. The summed E-state index contributed by atoms with van der Waals surface area (Å²) < 4.78 is 33.3. The van der Waals surface area contributed by atoms with E-state index in [1.54, 1.807) is 4.90 Å². The fourth-order valence-corrected chi connectivity index (χ4v) is 3.65. The second kappa shape index (κ2) is 10.2. The minimum absolute atomic E-state index is 0.374. The lowest BCUT2D eigenvalue weighted by molar-refractivity contribution is 0.0240. The van der Waals surface area contributed by atoms with Crippen LogP contribution in [0.15, 0.2) is 46.4 Å². The molecule has 1 saturated heterocycles. The van der Waals surface area contributed by atoms with Gasteiger partial charge in [0.15, 0.2) is 11.6 Å². The number of carbonyl (C=O) groups is 1. The van der Waals surface area contributed by atoms with Gasteiger partial charge in [-0.3, -0.25) is 0 Å². The van der Waals surface area contributed by atoms with Crippen LogP contribution in [-0.4, -0.2) is 49.0 Å². The Hall–Kier alpha value is -2.81. The van der Waals surface area contributed by atoms with Gasteiger partial charge in [-0.15, -0.1) is 0 Å². The average molecular weight is 463 g/mol. The van der Waals surface area contributed by atoms with E-state index in [-0.39, 0.29) is 6.09 Å². The number of rotatable bonds is 5. The first kappa shape index (κ1) is 23.8. The fourth-order valence-electron chi connectivity index (χ4n) is 3.17. The summed E-state index contributed by atoms with van der Waals surface area (Å²) >= 11 is 1.32. The van der Waals surface area contributed by atoms with E-state index >= 15 is 0 Å². The number of piperazine rings is 1. The van der Waals surface area contributed by atoms with Gasteiger partial charge >= 0.3 is 6.09 Å². The van der Waals surface area contributed by atoms with E-state index in [1.807, 2.05) is 56.9 Å². The van der Waals surface area contributed by atoms with Crippen LogP contribution in [0.1, 0.15) is 31.9 Å². The number of ether oxygens (including phenoxy) is 1. The summed E-state index contributed by atoms with van der Waals surface area (Å²) in [6.45, 7) is 9.25. The van der Waals surface area contributed by atoms with Crippen LogP contribution in [0.5, 0.6) is 0 Å². The van der Waals surface area contributed by atoms with Crippen LogP contribution in [-0.2, 0) is 4.74 Å². The number of hydrogen-bond donors (Lipinski definition) is 1. The normalized spacial score (nSPS) is 14.7. The molecular weight excluding hydrogens is 434 g/mol. The van der Waals surface area contributed by atoms with Crippen molar-refractivity contribution in [3.8, 4) is 0 Å². The van der Waals surface area contributed by atoms with Crippen molar-refractivity contribution in [2.24, 2.45) is 5.10 Å². The standard InChI is InChI=1S/C23H28F2N4O2S/c1-16-5-7-18(8-6-16)32-27-26-15-17-13-19(24)20(25)14-21(17)28-9-11-29(12-10-28)22(30)31-23(2,3)4/h5-8,13-15,27H,9-12H2,1-4H3/b26-15+. The number of hydrazone groups is 1. The zero-order valence-electron chi connectivity index (χ0n) is 18.7. The minimum Gasteiger partial charge on any atom is -0.444 e. The summed E-state index contributed by atoms with van der Waals surface area (Å²) in [4.78, 5) is 19.7. The summed E-state index contributed by atoms with van der Waals surface area (Å²) in [5.74, 6) is -1.86. The Balaban J connectivity index is 1.66. The van der Waals surface area contributed by atoms with Gasteiger partial charge in [0.05, 0.1) is 6.21 Å². The van der Waals surface area contributed by atoms with Gasteiger partial charge in [0.2, 0.25) is 0 Å². The molecule has 1 fully saturated rings. The molecule has 1 aliphatic heterocycles. The van der Waals surface area contributed by atoms with Gasteiger partial charge in [0, 0.05) is 60.3 Å². The number of hydrogen-bond acceptors (Lipinski definition) is 6. The van der Waals surface area contributed by atoms with E-state index in [4.69, 9.17) is 4.74 Å². The molecule has 9 heteroatoms. The first-order valence-electron chi connectivity index (χ1n) is 10.4. The molecule has 0 bridgehead atoms. The molecule has 0 radical (unpaired) electrons. The van der Waals surface area contributed by atoms with E-state index < -0.39 is 17.2 Å². The number of halogens is 2. The minimum atomic E-state index is -0.936. The van der Waals surface area contributed by atoms with Crippen molar-refractivity contribution in [2.45, 2.75) is 38.2 Å². The van der Waals surface area contributed by atoms with E-state index in [9.17, 15) is 13.6 Å². The van der Waals surface area contributed by atoms with Crippen LogP contribution in [0.25, 0.3) is 0 Å². The van der Waals surface area contributed by atoms with Crippen LogP contribution in [0.4, 0.5) is 19.3 Å². The molecule has 6 nitrogen and oxygen atoms in total. The smallest absolute Gasteiger partial charge is 0.410 e. The Bertz CT molecular complexity index is 969. The van der Waals surface area contributed by atoms with Gasteiger partial charge in [-0.05, 0) is 45.9 Å². The zero-order valence-corrected chi connectivity index (χ0v) is 19.5. The van der Waals surface area contributed by atoms with Crippen LogP contribution in [0.3, 0.4) is 0 Å². The van der Waals surface area contributed by atoms with Crippen molar-refractivity contribution < 1.29 is 18.3 Å². The average Bonchev–Trinajstić information content (AvgIpc) is 2.73. The number of aryl methyl sites for hydroxylation is 1. The predicted octanol–water partition coefficient (Wildman–Crippen LogP) is 4.96. The highest BCUT2D eigenvalue weighted by Crippen LogP contribution is 2.25. The maximum atomic E-state index is 14.0. The number of anilines is 1. The molecule has 1 N–H and O–H groups in total. The van der Waals surface area contributed by atoms with Crippen LogP contribution >= 0.6 is 11.9 Å². The number of amides is 1. The third-order valence-electron chi connectivity index (χ3n) is 4.78. The number of benzene rings is 2. The molecule has 172 valence electrons. The Morgan fingerprint density at radius 3 is 2.34 bits per heavy atom. The van der Waals surface area contributed by atoms with Crippen molar-refractivity contribution in [2.75, 3.05) is 31.1 Å². The molecule has 2 aromatic carbocycles. The van der Waals surface area contributed by atoms with Gasteiger partial charge in [-0.2, -0.15) is 5.10 Å². The number of nitrogens with one attached hydrogen (secondary N) is 1. The van der Waals surface area contributed by atoms with Gasteiger partial charge in [0.25, 0.3) is 0 Å². The summed E-state index contributed by atoms with van der Waals surface area (Å²) in [5.41, 5.74) is 1.57. The van der Waals surface area contributed by atoms with Crippen molar-refractivity contribution in [3.05, 3.63) is 59.2 Å². The maximum absolute atomic E-state index is 14.0. The lowest BCUT2D eigenvalue weighted by Crippen LogP contribution is -2.50. The largest absolute Gasteiger partial charge is 0.444 e. The Labute approximate surface area is 191 Å². The number of carbonyl (C=O) groups excluding carboxylic acids is 1. The van der Waals surface area contributed by atoms with Crippen molar-refractivity contribution >= 4 is 29.9 Å². The van der Waals surface area contributed by atoms with Crippen LogP contribution in [0, 0.1) is 18.6 Å². The van der Waals surface area contributed by atoms with Gasteiger partial charge in [0.1, 0.15) is 5.60 Å². The summed E-state index contributed by atoms with van der Waals surface area (Å²) in [5, 5.41) is 4.16. The molecule has 32 heavy (non-hydrogen) atoms. The van der Waals surface area contributed by atoms with E-state index in [0.717, 1.165) is 16.5 Å². The molecular formula is C23H28F2N4O2S. The van der Waals surface area contributed by atoms with Gasteiger partial charge in [-0.1, -0.05) is 17.7 Å². The monoisotopic (exact) mass is 462 g/mol. The van der Waals surface area contributed by atoms with E-state index in [1.165, 1.54) is 24.2 Å². The maximum Gasteiger partial charge on any atom is 0.410 e.